The van der Waals surface area contributed by atoms with Gasteiger partial charge < -0.3 is 10.6 Å². The summed E-state index contributed by atoms with van der Waals surface area (Å²) in [5.41, 5.74) is 0.979. The average Bonchev–Trinajstić information content (AvgIpc) is 2.82. The van der Waals surface area contributed by atoms with Gasteiger partial charge in [-0.2, -0.15) is 11.8 Å². The average molecular weight is 316 g/mol. The number of carbonyl (C=O) groups is 1. The molecule has 4 nitrogen and oxygen atoms in total. The first-order chi connectivity index (χ1) is 9.14. The summed E-state index contributed by atoms with van der Waals surface area (Å²) in [7, 11) is 0. The Kier molecular flexibility index (Phi) is 5.89. The lowest BCUT2D eigenvalue weighted by atomic mass is 9.98. The van der Waals surface area contributed by atoms with Gasteiger partial charge in [0.25, 0.3) is 0 Å². The highest BCUT2D eigenvalue weighted by atomic mass is 32.2. The maximum Gasteiger partial charge on any atom is 0.315 e. The maximum absolute atomic E-state index is 11.7. The van der Waals surface area contributed by atoms with Crippen LogP contribution in [-0.4, -0.2) is 28.6 Å². The Bertz CT molecular complexity index is 450. The smallest absolute Gasteiger partial charge is 0.315 e. The summed E-state index contributed by atoms with van der Waals surface area (Å²) in [5.74, 6) is 0. The van der Waals surface area contributed by atoms with Crippen molar-refractivity contribution in [3.63, 3.8) is 0 Å². The Balaban J connectivity index is 2.40. The molecule has 0 atom stereocenters. The van der Waals surface area contributed by atoms with Gasteiger partial charge in [-0.3, -0.25) is 0 Å². The lowest BCUT2D eigenvalue weighted by Crippen LogP contribution is -2.41. The van der Waals surface area contributed by atoms with Crippen LogP contribution in [0.3, 0.4) is 0 Å². The van der Waals surface area contributed by atoms with Gasteiger partial charge in [-0.05, 0) is 20.1 Å². The van der Waals surface area contributed by atoms with Gasteiger partial charge in [-0.1, -0.05) is 20.8 Å². The van der Waals surface area contributed by atoms with E-state index >= 15 is 0 Å². The van der Waals surface area contributed by atoms with Crippen molar-refractivity contribution in [1.29, 1.82) is 0 Å². The molecular weight excluding hydrogens is 290 g/mol. The van der Waals surface area contributed by atoms with Crippen LogP contribution in [0.25, 0.3) is 0 Å². The molecule has 6 heteroatoms. The van der Waals surface area contributed by atoms with E-state index in [4.69, 9.17) is 0 Å². The summed E-state index contributed by atoms with van der Waals surface area (Å²) in [5, 5.41) is 8.83. The van der Waals surface area contributed by atoms with Crippen molar-refractivity contribution in [2.75, 3.05) is 12.8 Å². The molecule has 20 heavy (non-hydrogen) atoms. The van der Waals surface area contributed by atoms with E-state index < -0.39 is 0 Å². The topological polar surface area (TPSA) is 54.0 Å². The van der Waals surface area contributed by atoms with Gasteiger partial charge in [-0.25, -0.2) is 9.78 Å². The van der Waals surface area contributed by atoms with Gasteiger partial charge >= 0.3 is 6.03 Å². The second-order valence-electron chi connectivity index (χ2n) is 6.39. The lowest BCUT2D eigenvalue weighted by molar-refractivity contribution is 0.239. The molecule has 1 aromatic heterocycles. The normalized spacial score (nSPS) is 12.3. The molecule has 0 saturated carbocycles. The van der Waals surface area contributed by atoms with Crippen LogP contribution in [-0.2, 0) is 12.0 Å². The van der Waals surface area contributed by atoms with E-state index in [2.05, 4.69) is 50.2 Å². The zero-order valence-electron chi connectivity index (χ0n) is 13.2. The molecule has 1 rings (SSSR count). The number of rotatable bonds is 5. The van der Waals surface area contributed by atoms with Crippen LogP contribution < -0.4 is 10.6 Å². The fourth-order valence-corrected chi connectivity index (χ4v) is 2.46. The third kappa shape index (κ3) is 5.71. The molecule has 114 valence electrons. The molecule has 0 aliphatic carbocycles. The first-order valence-electron chi connectivity index (χ1n) is 6.66. The quantitative estimate of drug-likeness (QED) is 0.876. The molecule has 0 aromatic carbocycles. The molecule has 0 aliphatic rings. The number of aromatic nitrogens is 1. The Morgan fingerprint density at radius 1 is 1.30 bits per heavy atom. The van der Waals surface area contributed by atoms with Gasteiger partial charge in [0.15, 0.2) is 0 Å². The minimum Gasteiger partial charge on any atom is -0.337 e. The van der Waals surface area contributed by atoms with Crippen molar-refractivity contribution < 1.29 is 4.79 Å². The Morgan fingerprint density at radius 2 is 1.95 bits per heavy atom. The Morgan fingerprint density at radius 3 is 2.45 bits per heavy atom. The number of thioether (sulfide) groups is 1. The summed E-state index contributed by atoms with van der Waals surface area (Å²) in [4.78, 5) is 16.3. The molecule has 0 radical (unpaired) electrons. The van der Waals surface area contributed by atoms with E-state index in [1.165, 1.54) is 0 Å². The molecule has 0 spiro atoms. The first kappa shape index (κ1) is 17.3. The molecule has 2 N–H and O–H groups in total. The minimum atomic E-state index is -0.141. The van der Waals surface area contributed by atoms with Crippen molar-refractivity contribution in [3.8, 4) is 0 Å². The standard InChI is InChI=1S/C14H25N3OS2/c1-13(2,3)11-17-10(8-20-11)7-15-12(18)16-9-14(4,5)19-6/h8H,7,9H2,1-6H3,(H2,15,16,18). The number of hydrogen-bond donors (Lipinski definition) is 2. The number of nitrogens with one attached hydrogen (secondary N) is 2. The summed E-state index contributed by atoms with van der Waals surface area (Å²) in [6.07, 6.45) is 2.04. The minimum absolute atomic E-state index is 0.0530. The summed E-state index contributed by atoms with van der Waals surface area (Å²) < 4.78 is 0.0530. The summed E-state index contributed by atoms with van der Waals surface area (Å²) in [6.45, 7) is 11.7. The largest absolute Gasteiger partial charge is 0.337 e. The predicted octanol–water partition coefficient (Wildman–Crippen LogP) is 3.38. The van der Waals surface area contributed by atoms with Crippen LogP contribution in [0, 0.1) is 0 Å². The summed E-state index contributed by atoms with van der Waals surface area (Å²) >= 11 is 3.38. The molecule has 0 fully saturated rings. The van der Waals surface area contributed by atoms with Crippen LogP contribution in [0.4, 0.5) is 4.79 Å². The summed E-state index contributed by atoms with van der Waals surface area (Å²) in [6, 6.07) is -0.141. The van der Waals surface area contributed by atoms with E-state index in [0.717, 1.165) is 10.7 Å². The zero-order chi connectivity index (χ0) is 15.4. The monoisotopic (exact) mass is 315 g/mol. The molecular formula is C14H25N3OS2. The SMILES string of the molecule is CSC(C)(C)CNC(=O)NCc1csc(C(C)(C)C)n1. The second kappa shape index (κ2) is 6.80. The van der Waals surface area contributed by atoms with Crippen molar-refractivity contribution in [1.82, 2.24) is 15.6 Å². The van der Waals surface area contributed by atoms with Crippen LogP contribution in [0.5, 0.6) is 0 Å². The van der Waals surface area contributed by atoms with E-state index in [1.54, 1.807) is 23.1 Å². The highest BCUT2D eigenvalue weighted by molar-refractivity contribution is 7.99. The van der Waals surface area contributed by atoms with Gasteiger partial charge in [-0.15, -0.1) is 11.3 Å². The molecule has 1 aromatic rings. The van der Waals surface area contributed by atoms with Crippen LogP contribution in [0.1, 0.15) is 45.3 Å². The maximum atomic E-state index is 11.7. The van der Waals surface area contributed by atoms with Crippen LogP contribution >= 0.6 is 23.1 Å². The second-order valence-corrected chi connectivity index (χ2v) is 8.77. The van der Waals surface area contributed by atoms with Crippen LogP contribution in [0.15, 0.2) is 5.38 Å². The Hall–Kier alpha value is -0.750. The Labute approximate surface area is 130 Å². The predicted molar refractivity (Wildman–Crippen MR) is 88.6 cm³/mol. The van der Waals surface area contributed by atoms with Crippen LogP contribution in [0.2, 0.25) is 0 Å². The number of amides is 2. The molecule has 0 unspecified atom stereocenters. The third-order valence-electron chi connectivity index (χ3n) is 2.85. The number of thiazole rings is 1. The van der Waals surface area contributed by atoms with Gasteiger partial charge in [0.2, 0.25) is 0 Å². The number of carbonyl (C=O) groups excluding carboxylic acids is 1. The first-order valence-corrected chi connectivity index (χ1v) is 8.76. The van der Waals surface area contributed by atoms with Crippen molar-refractivity contribution >= 4 is 29.1 Å². The van der Waals surface area contributed by atoms with E-state index in [9.17, 15) is 4.79 Å². The van der Waals surface area contributed by atoms with Gasteiger partial charge in [0.05, 0.1) is 17.2 Å². The zero-order valence-corrected chi connectivity index (χ0v) is 14.8. The molecule has 0 saturated heterocycles. The molecule has 0 aliphatic heterocycles. The number of hydrogen-bond acceptors (Lipinski definition) is 4. The van der Waals surface area contributed by atoms with E-state index in [0.29, 0.717) is 13.1 Å². The lowest BCUT2D eigenvalue weighted by Gasteiger charge is -2.22. The fraction of sp³-hybridized carbons (Fsp3) is 0.714. The van der Waals surface area contributed by atoms with E-state index in [-0.39, 0.29) is 16.2 Å². The molecule has 1 heterocycles. The van der Waals surface area contributed by atoms with Crippen molar-refractivity contribution in [3.05, 3.63) is 16.1 Å². The highest BCUT2D eigenvalue weighted by Crippen LogP contribution is 2.25. The number of nitrogens with zero attached hydrogens (tertiary/aromatic N) is 1. The van der Waals surface area contributed by atoms with Crippen molar-refractivity contribution in [2.45, 2.75) is 51.3 Å². The number of urea groups is 1. The fourth-order valence-electron chi connectivity index (χ4n) is 1.33. The molecule has 0 bridgehead atoms. The highest BCUT2D eigenvalue weighted by Gasteiger charge is 2.19. The van der Waals surface area contributed by atoms with Gasteiger partial charge in [0, 0.05) is 22.1 Å². The van der Waals surface area contributed by atoms with Crippen molar-refractivity contribution in [2.24, 2.45) is 0 Å². The third-order valence-corrected chi connectivity index (χ3v) is 5.42. The molecule has 2 amide bonds. The van der Waals surface area contributed by atoms with Gasteiger partial charge in [0.1, 0.15) is 0 Å². The van der Waals surface area contributed by atoms with E-state index in [1.807, 2.05) is 11.6 Å².